The van der Waals surface area contributed by atoms with Crippen LogP contribution in [0.2, 0.25) is 0 Å². The summed E-state index contributed by atoms with van der Waals surface area (Å²) in [6, 6.07) is 7.32. The monoisotopic (exact) mass is 359 g/mol. The molecule has 0 heterocycles. The van der Waals surface area contributed by atoms with Gasteiger partial charge < -0.3 is 19.7 Å². The first kappa shape index (κ1) is 19.3. The molecule has 0 aromatic heterocycles. The van der Waals surface area contributed by atoms with Crippen LogP contribution in [0.3, 0.4) is 0 Å². The summed E-state index contributed by atoms with van der Waals surface area (Å²) in [5.74, 6) is -2.03. The highest BCUT2D eigenvalue weighted by Crippen LogP contribution is 2.52. The van der Waals surface area contributed by atoms with Crippen molar-refractivity contribution >= 4 is 17.9 Å². The predicted octanol–water partition coefficient (Wildman–Crippen LogP) is 4.66. The number of hydrogen-bond acceptors (Lipinski definition) is 5. The van der Waals surface area contributed by atoms with Crippen molar-refractivity contribution in [1.29, 1.82) is 5.26 Å². The van der Waals surface area contributed by atoms with E-state index in [0.29, 0.717) is 36.8 Å². The lowest BCUT2D eigenvalue weighted by Gasteiger charge is -2.30. The first-order valence-electron chi connectivity index (χ1n) is 8.47. The van der Waals surface area contributed by atoms with E-state index in [1.54, 1.807) is 12.1 Å². The molecule has 1 aromatic carbocycles. The maximum atomic E-state index is 11.4. The Labute approximate surface area is 151 Å². The molecule has 0 saturated heterocycles. The Kier molecular flexibility index (Phi) is 5.88. The highest BCUT2D eigenvalue weighted by molar-refractivity contribution is 5.82. The highest BCUT2D eigenvalue weighted by atomic mass is 16.8. The third-order valence-electron chi connectivity index (χ3n) is 4.48. The third kappa shape index (κ3) is 3.36. The second-order valence-electron chi connectivity index (χ2n) is 5.87. The fourth-order valence-corrected chi connectivity index (χ4v) is 3.59. The van der Waals surface area contributed by atoms with E-state index < -0.39 is 18.1 Å². The average Bonchev–Trinajstić information content (AvgIpc) is 2.83. The van der Waals surface area contributed by atoms with E-state index >= 15 is 0 Å². The van der Waals surface area contributed by atoms with Crippen LogP contribution in [-0.4, -0.2) is 22.5 Å². The number of aryl methyl sites for hydroxylation is 1. The van der Waals surface area contributed by atoms with Crippen molar-refractivity contribution < 1.29 is 29.3 Å². The SMILES string of the molecule is CCC1=C(CCCC#N)C(OC(=O)O)(OC(=O)O)c2cccc(CC)c21. The second kappa shape index (κ2) is 7.91. The molecule has 26 heavy (non-hydrogen) atoms. The summed E-state index contributed by atoms with van der Waals surface area (Å²) >= 11 is 0. The van der Waals surface area contributed by atoms with Gasteiger partial charge in [-0.15, -0.1) is 0 Å². The normalized spacial score (nSPS) is 14.5. The zero-order valence-corrected chi connectivity index (χ0v) is 14.7. The van der Waals surface area contributed by atoms with Crippen LogP contribution in [0.1, 0.15) is 56.2 Å². The van der Waals surface area contributed by atoms with Crippen molar-refractivity contribution in [2.75, 3.05) is 0 Å². The molecule has 0 saturated carbocycles. The molecule has 0 radical (unpaired) electrons. The molecule has 0 bridgehead atoms. The number of benzene rings is 1. The van der Waals surface area contributed by atoms with Crippen molar-refractivity contribution in [2.24, 2.45) is 0 Å². The number of carboxylic acid groups (broad SMARTS) is 2. The van der Waals surface area contributed by atoms with Crippen molar-refractivity contribution in [1.82, 2.24) is 0 Å². The number of allylic oxidation sites excluding steroid dienone is 1. The number of ether oxygens (including phenoxy) is 2. The fraction of sp³-hybridized carbons (Fsp3) is 0.421. The summed E-state index contributed by atoms with van der Waals surface area (Å²) < 4.78 is 10.2. The Morgan fingerprint density at radius 2 is 1.81 bits per heavy atom. The number of nitrogens with zero attached hydrogens (tertiary/aromatic N) is 1. The molecule has 1 aromatic rings. The molecule has 0 spiro atoms. The minimum absolute atomic E-state index is 0.258. The van der Waals surface area contributed by atoms with Gasteiger partial charge in [0.05, 0.1) is 6.07 Å². The van der Waals surface area contributed by atoms with Gasteiger partial charge in [0.25, 0.3) is 0 Å². The van der Waals surface area contributed by atoms with Gasteiger partial charge in [-0.1, -0.05) is 32.0 Å². The first-order chi connectivity index (χ1) is 12.4. The Bertz CT molecular complexity index is 774. The maximum Gasteiger partial charge on any atom is 0.509 e. The van der Waals surface area contributed by atoms with Gasteiger partial charge in [-0.25, -0.2) is 9.59 Å². The van der Waals surface area contributed by atoms with E-state index in [1.807, 2.05) is 26.0 Å². The molecule has 7 nitrogen and oxygen atoms in total. The number of nitriles is 1. The molecule has 1 aliphatic carbocycles. The Morgan fingerprint density at radius 3 is 2.31 bits per heavy atom. The molecule has 1 aliphatic rings. The first-order valence-corrected chi connectivity index (χ1v) is 8.47. The molecule has 0 fully saturated rings. The largest absolute Gasteiger partial charge is 0.509 e. The number of hydrogen-bond donors (Lipinski definition) is 2. The molecular formula is C19H21NO6. The van der Waals surface area contributed by atoms with Gasteiger partial charge in [-0.05, 0) is 42.4 Å². The van der Waals surface area contributed by atoms with E-state index in [-0.39, 0.29) is 6.42 Å². The summed E-state index contributed by atoms with van der Waals surface area (Å²) in [6.45, 7) is 3.88. The van der Waals surface area contributed by atoms with Crippen LogP contribution in [0, 0.1) is 11.3 Å². The van der Waals surface area contributed by atoms with Crippen molar-refractivity contribution in [3.8, 4) is 6.07 Å². The average molecular weight is 359 g/mol. The Balaban J connectivity index is 2.76. The van der Waals surface area contributed by atoms with Gasteiger partial charge >= 0.3 is 18.1 Å². The number of unbranched alkanes of at least 4 members (excludes halogenated alkanes) is 1. The van der Waals surface area contributed by atoms with Crippen molar-refractivity contribution in [2.45, 2.75) is 51.7 Å². The van der Waals surface area contributed by atoms with Crippen LogP contribution in [0.15, 0.2) is 23.8 Å². The van der Waals surface area contributed by atoms with Gasteiger partial charge in [0, 0.05) is 17.6 Å². The lowest BCUT2D eigenvalue weighted by molar-refractivity contribution is -0.163. The summed E-state index contributed by atoms with van der Waals surface area (Å²) in [5, 5.41) is 27.4. The minimum Gasteiger partial charge on any atom is -0.450 e. The number of rotatable bonds is 7. The van der Waals surface area contributed by atoms with Crippen LogP contribution < -0.4 is 0 Å². The standard InChI is InChI=1S/C19H21NO6/c1-3-12-8-7-10-15-16(12)13(4-2)14(9-5-6-11-20)19(15,25-17(21)22)26-18(23)24/h7-8,10H,3-6,9H2,1-2H3,(H,21,22)(H,23,24). The van der Waals surface area contributed by atoms with E-state index in [1.165, 1.54) is 0 Å². The van der Waals surface area contributed by atoms with Gasteiger partial charge in [0.2, 0.25) is 0 Å². The molecule has 0 amide bonds. The van der Waals surface area contributed by atoms with Gasteiger partial charge in [-0.3, -0.25) is 0 Å². The summed E-state index contributed by atoms with van der Waals surface area (Å²) in [5.41, 5.74) is 3.40. The molecule has 0 aliphatic heterocycles. The molecule has 2 rings (SSSR count). The Hall–Kier alpha value is -3.01. The minimum atomic E-state index is -2.03. The smallest absolute Gasteiger partial charge is 0.450 e. The molecule has 0 unspecified atom stereocenters. The molecule has 138 valence electrons. The topological polar surface area (TPSA) is 117 Å². The fourth-order valence-electron chi connectivity index (χ4n) is 3.59. The van der Waals surface area contributed by atoms with E-state index in [4.69, 9.17) is 14.7 Å². The van der Waals surface area contributed by atoms with Gasteiger partial charge in [0.15, 0.2) is 0 Å². The van der Waals surface area contributed by atoms with Crippen molar-refractivity contribution in [3.63, 3.8) is 0 Å². The number of fused-ring (bicyclic) bond motifs is 1. The molecule has 2 N–H and O–H groups in total. The second-order valence-corrected chi connectivity index (χ2v) is 5.87. The summed E-state index contributed by atoms with van der Waals surface area (Å²) in [7, 11) is 0. The lowest BCUT2D eigenvalue weighted by Crippen LogP contribution is -2.37. The third-order valence-corrected chi connectivity index (χ3v) is 4.48. The quantitative estimate of drug-likeness (QED) is 0.413. The number of carbonyl (C=O) groups is 2. The van der Waals surface area contributed by atoms with Crippen LogP contribution in [0.25, 0.3) is 5.57 Å². The van der Waals surface area contributed by atoms with Gasteiger partial charge in [0.1, 0.15) is 0 Å². The van der Waals surface area contributed by atoms with Crippen LogP contribution in [0.5, 0.6) is 0 Å². The summed E-state index contributed by atoms with van der Waals surface area (Å²) in [4.78, 5) is 22.8. The molecule has 7 heteroatoms. The zero-order chi connectivity index (χ0) is 19.3. The van der Waals surface area contributed by atoms with Crippen LogP contribution >= 0.6 is 0 Å². The van der Waals surface area contributed by atoms with E-state index in [0.717, 1.165) is 16.7 Å². The molecular weight excluding hydrogens is 338 g/mol. The van der Waals surface area contributed by atoms with Crippen molar-refractivity contribution in [3.05, 3.63) is 40.5 Å². The maximum absolute atomic E-state index is 11.4. The van der Waals surface area contributed by atoms with Crippen LogP contribution in [0.4, 0.5) is 9.59 Å². The van der Waals surface area contributed by atoms with Gasteiger partial charge in [-0.2, -0.15) is 5.26 Å². The van der Waals surface area contributed by atoms with Crippen LogP contribution in [-0.2, 0) is 21.7 Å². The summed E-state index contributed by atoms with van der Waals surface area (Å²) in [6.07, 6.45) is -1.02. The highest BCUT2D eigenvalue weighted by Gasteiger charge is 2.52. The van der Waals surface area contributed by atoms with E-state index in [9.17, 15) is 19.8 Å². The zero-order valence-electron chi connectivity index (χ0n) is 14.7. The predicted molar refractivity (Wildman–Crippen MR) is 92.4 cm³/mol. The Morgan fingerprint density at radius 1 is 1.15 bits per heavy atom. The molecule has 0 atom stereocenters. The van der Waals surface area contributed by atoms with E-state index in [2.05, 4.69) is 0 Å². The lowest BCUT2D eigenvalue weighted by atomic mass is 9.95.